The van der Waals surface area contributed by atoms with Crippen molar-refractivity contribution in [1.29, 1.82) is 0 Å². The Morgan fingerprint density at radius 2 is 1.70 bits per heavy atom. The quantitative estimate of drug-likeness (QED) is 0.790. The molecule has 0 aromatic heterocycles. The number of aldehydes is 1. The van der Waals surface area contributed by atoms with E-state index in [0.717, 1.165) is 0 Å². The molecule has 0 amide bonds. The summed E-state index contributed by atoms with van der Waals surface area (Å²) in [5, 5.41) is 11.7. The van der Waals surface area contributed by atoms with Gasteiger partial charge in [-0.15, -0.1) is 0 Å². The maximum Gasteiger partial charge on any atom is 0.163 e. The number of carboxylic acid groups (broad SMARTS) is 1. The lowest BCUT2D eigenvalue weighted by atomic mass is 10.1. The van der Waals surface area contributed by atoms with Crippen LogP contribution in [-0.2, 0) is 4.79 Å². The maximum atomic E-state index is 11.2. The van der Waals surface area contributed by atoms with E-state index in [9.17, 15) is 14.7 Å². The van der Waals surface area contributed by atoms with Crippen molar-refractivity contribution in [2.24, 2.45) is 0 Å². The number of rotatable bonds is 5. The summed E-state index contributed by atoms with van der Waals surface area (Å²) >= 11 is 5.74. The Morgan fingerprint density at radius 3 is 2.20 bits per heavy atom. The lowest BCUT2D eigenvalue weighted by Gasteiger charge is -2.20. The van der Waals surface area contributed by atoms with E-state index in [1.807, 2.05) is 0 Å². The highest BCUT2D eigenvalue weighted by atomic mass is 35.5. The summed E-state index contributed by atoms with van der Waals surface area (Å²) in [7, 11) is 0. The lowest BCUT2D eigenvalue weighted by Crippen LogP contribution is -2.33. The average Bonchev–Trinajstić information content (AvgIpc) is 2.46. The monoisotopic (exact) mass is 289 g/mol. The van der Waals surface area contributed by atoms with Gasteiger partial charge in [-0.25, -0.2) is 0 Å². The van der Waals surface area contributed by atoms with Gasteiger partial charge in [-0.1, -0.05) is 35.9 Å². The fourth-order valence-corrected chi connectivity index (χ4v) is 1.78. The van der Waals surface area contributed by atoms with Crippen molar-refractivity contribution in [1.82, 2.24) is 0 Å². The largest absolute Gasteiger partial charge is 0.546 e. The fraction of sp³-hybridized carbons (Fsp3) is 0.0667. The lowest BCUT2D eigenvalue weighted by molar-refractivity contribution is -0.314. The van der Waals surface area contributed by atoms with Crippen molar-refractivity contribution in [3.63, 3.8) is 0 Å². The summed E-state index contributed by atoms with van der Waals surface area (Å²) < 4.78 is 5.38. The van der Waals surface area contributed by atoms with Gasteiger partial charge in [0.05, 0.1) is 5.97 Å². The second kappa shape index (κ2) is 6.21. The summed E-state index contributed by atoms with van der Waals surface area (Å²) in [5.41, 5.74) is 0.850. The molecule has 102 valence electrons. The number of aliphatic carboxylic acids is 1. The number of hydrogen-bond donors (Lipinski definition) is 0. The second-order valence-electron chi connectivity index (χ2n) is 4.06. The van der Waals surface area contributed by atoms with Crippen molar-refractivity contribution in [2.75, 3.05) is 0 Å². The van der Waals surface area contributed by atoms with Gasteiger partial charge in [0, 0.05) is 10.6 Å². The molecule has 0 aliphatic heterocycles. The topological polar surface area (TPSA) is 66.4 Å². The zero-order valence-corrected chi connectivity index (χ0v) is 11.0. The molecule has 4 nitrogen and oxygen atoms in total. The zero-order chi connectivity index (χ0) is 14.5. The predicted molar refractivity (Wildman–Crippen MR) is 71.7 cm³/mol. The van der Waals surface area contributed by atoms with Crippen LogP contribution in [0.15, 0.2) is 48.5 Å². The molecule has 0 aliphatic carbocycles. The van der Waals surface area contributed by atoms with Crippen molar-refractivity contribution < 1.29 is 19.4 Å². The van der Waals surface area contributed by atoms with E-state index in [1.54, 1.807) is 24.3 Å². The molecule has 0 saturated heterocycles. The molecule has 0 fully saturated rings. The highest BCUT2D eigenvalue weighted by molar-refractivity contribution is 6.30. The molecule has 1 atom stereocenters. The SMILES string of the molecule is O=Cc1ccc(C(Oc2ccc(Cl)cc2)C(=O)[O-])cc1. The highest BCUT2D eigenvalue weighted by Crippen LogP contribution is 2.23. The summed E-state index contributed by atoms with van der Waals surface area (Å²) in [6, 6.07) is 12.4. The molecular formula is C15H10ClO4-. The van der Waals surface area contributed by atoms with Gasteiger partial charge in [0.15, 0.2) is 6.10 Å². The smallest absolute Gasteiger partial charge is 0.163 e. The van der Waals surface area contributed by atoms with Crippen LogP contribution >= 0.6 is 11.6 Å². The molecule has 0 heterocycles. The number of carbonyl (C=O) groups excluding carboxylic acids is 2. The van der Waals surface area contributed by atoms with Crippen LogP contribution in [0.25, 0.3) is 0 Å². The van der Waals surface area contributed by atoms with Crippen LogP contribution in [0, 0.1) is 0 Å². The Hall–Kier alpha value is -2.33. The van der Waals surface area contributed by atoms with Gasteiger partial charge in [0.25, 0.3) is 0 Å². The van der Waals surface area contributed by atoms with E-state index < -0.39 is 12.1 Å². The Balaban J connectivity index is 2.24. The summed E-state index contributed by atoms with van der Waals surface area (Å²) in [5.74, 6) is -0.998. The first-order valence-corrected chi connectivity index (χ1v) is 6.16. The zero-order valence-electron chi connectivity index (χ0n) is 10.3. The van der Waals surface area contributed by atoms with Crippen LogP contribution in [0.2, 0.25) is 5.02 Å². The van der Waals surface area contributed by atoms with Crippen molar-refractivity contribution in [3.8, 4) is 5.75 Å². The highest BCUT2D eigenvalue weighted by Gasteiger charge is 2.14. The number of hydrogen-bond acceptors (Lipinski definition) is 4. The first kappa shape index (κ1) is 14.1. The van der Waals surface area contributed by atoms with Gasteiger partial charge in [-0.3, -0.25) is 4.79 Å². The van der Waals surface area contributed by atoms with Crippen LogP contribution in [0.1, 0.15) is 22.0 Å². The Morgan fingerprint density at radius 1 is 1.10 bits per heavy atom. The predicted octanol–water partition coefficient (Wildman–Crippen LogP) is 2.02. The van der Waals surface area contributed by atoms with E-state index in [4.69, 9.17) is 16.3 Å². The molecular weight excluding hydrogens is 280 g/mol. The van der Waals surface area contributed by atoms with Gasteiger partial charge >= 0.3 is 0 Å². The molecule has 20 heavy (non-hydrogen) atoms. The number of ether oxygens (including phenoxy) is 1. The molecule has 0 bridgehead atoms. The van der Waals surface area contributed by atoms with E-state index in [1.165, 1.54) is 24.3 Å². The van der Waals surface area contributed by atoms with Crippen molar-refractivity contribution >= 4 is 23.9 Å². The second-order valence-corrected chi connectivity index (χ2v) is 4.49. The third kappa shape index (κ3) is 3.36. The molecule has 0 spiro atoms. The molecule has 0 saturated carbocycles. The van der Waals surface area contributed by atoms with Gasteiger partial charge in [0.1, 0.15) is 12.0 Å². The first-order valence-electron chi connectivity index (χ1n) is 5.78. The van der Waals surface area contributed by atoms with Crippen LogP contribution in [0.4, 0.5) is 0 Å². The summed E-state index contributed by atoms with van der Waals surface area (Å²) in [6.45, 7) is 0. The minimum atomic E-state index is -1.36. The molecule has 0 aliphatic rings. The molecule has 0 radical (unpaired) electrons. The van der Waals surface area contributed by atoms with E-state index in [2.05, 4.69) is 0 Å². The molecule has 2 aromatic carbocycles. The van der Waals surface area contributed by atoms with Gasteiger partial charge < -0.3 is 14.6 Å². The normalized spacial score (nSPS) is 11.7. The third-order valence-electron chi connectivity index (χ3n) is 2.66. The van der Waals surface area contributed by atoms with E-state index >= 15 is 0 Å². The number of carbonyl (C=O) groups is 2. The van der Waals surface area contributed by atoms with Crippen LogP contribution in [-0.4, -0.2) is 12.3 Å². The van der Waals surface area contributed by atoms with Gasteiger partial charge in [-0.05, 0) is 29.8 Å². The van der Waals surface area contributed by atoms with Gasteiger partial charge in [-0.2, -0.15) is 0 Å². The van der Waals surface area contributed by atoms with Crippen molar-refractivity contribution in [2.45, 2.75) is 6.10 Å². The Kier molecular flexibility index (Phi) is 4.38. The summed E-state index contributed by atoms with van der Waals surface area (Å²) in [6.07, 6.45) is -0.574. The summed E-state index contributed by atoms with van der Waals surface area (Å²) in [4.78, 5) is 21.8. The Labute approximate surface area is 120 Å². The maximum absolute atomic E-state index is 11.2. The first-order chi connectivity index (χ1) is 9.60. The molecule has 2 rings (SSSR count). The number of carboxylic acids is 1. The standard InChI is InChI=1S/C15H11ClO4/c16-12-5-7-13(8-6-12)20-14(15(18)19)11-3-1-10(9-17)2-4-11/h1-9,14H,(H,18,19)/p-1. The van der Waals surface area contributed by atoms with Gasteiger partial charge in [0.2, 0.25) is 0 Å². The van der Waals surface area contributed by atoms with Crippen LogP contribution < -0.4 is 9.84 Å². The molecule has 2 aromatic rings. The third-order valence-corrected chi connectivity index (χ3v) is 2.91. The van der Waals surface area contributed by atoms with Crippen LogP contribution in [0.5, 0.6) is 5.75 Å². The number of halogens is 1. The van der Waals surface area contributed by atoms with E-state index in [0.29, 0.717) is 28.2 Å². The molecule has 0 N–H and O–H groups in total. The van der Waals surface area contributed by atoms with E-state index in [-0.39, 0.29) is 0 Å². The number of benzene rings is 2. The minimum absolute atomic E-state index is 0.364. The molecule has 5 heteroatoms. The molecule has 1 unspecified atom stereocenters. The van der Waals surface area contributed by atoms with Crippen LogP contribution in [0.3, 0.4) is 0 Å². The minimum Gasteiger partial charge on any atom is -0.546 e. The fourth-order valence-electron chi connectivity index (χ4n) is 1.65. The average molecular weight is 290 g/mol. The Bertz CT molecular complexity index is 605. The van der Waals surface area contributed by atoms with Crippen molar-refractivity contribution in [3.05, 3.63) is 64.7 Å².